The van der Waals surface area contributed by atoms with Crippen LogP contribution in [-0.4, -0.2) is 61.7 Å². The predicted molar refractivity (Wildman–Crippen MR) is 73.4 cm³/mol. The number of nitrogens with one attached hydrogen (secondary N) is 1. The molecule has 0 spiro atoms. The summed E-state index contributed by atoms with van der Waals surface area (Å²) < 4.78 is 0. The van der Waals surface area contributed by atoms with E-state index in [-0.39, 0.29) is 0 Å². The molecule has 2 atom stereocenters. The molecule has 3 heteroatoms. The molecule has 100 valence electrons. The third kappa shape index (κ3) is 3.67. The number of likely N-dealkylation sites (N-methyl/N-ethyl adjacent to an activating group) is 1. The average Bonchev–Trinajstić information content (AvgIpc) is 2.64. The molecule has 1 N–H and O–H groups in total. The third-order valence-electron chi connectivity index (χ3n) is 4.64. The molecular weight excluding hydrogens is 210 g/mol. The maximum atomic E-state index is 3.47. The lowest BCUT2D eigenvalue weighted by Crippen LogP contribution is -2.44. The summed E-state index contributed by atoms with van der Waals surface area (Å²) >= 11 is 0. The molecule has 0 radical (unpaired) electrons. The molecule has 0 bridgehead atoms. The van der Waals surface area contributed by atoms with Crippen molar-refractivity contribution in [3.63, 3.8) is 0 Å². The van der Waals surface area contributed by atoms with Crippen LogP contribution in [0.3, 0.4) is 0 Å². The van der Waals surface area contributed by atoms with Crippen molar-refractivity contribution in [2.24, 2.45) is 0 Å². The standard InChI is InChI=1S/C14H29N3/c1-3-16-8-5-9-17(11-10-16)14-7-4-6-13(12-14)15-2/h13-15H,3-12H2,1-2H3/t13-,14-/m0/s1. The third-order valence-corrected chi connectivity index (χ3v) is 4.64. The topological polar surface area (TPSA) is 18.5 Å². The zero-order valence-electron chi connectivity index (χ0n) is 11.6. The Bertz CT molecular complexity index is 220. The van der Waals surface area contributed by atoms with Crippen LogP contribution in [0.2, 0.25) is 0 Å². The quantitative estimate of drug-likeness (QED) is 0.806. The summed E-state index contributed by atoms with van der Waals surface area (Å²) in [7, 11) is 2.12. The van der Waals surface area contributed by atoms with Gasteiger partial charge in [0.15, 0.2) is 0 Å². The fourth-order valence-corrected chi connectivity index (χ4v) is 3.43. The fraction of sp³-hybridized carbons (Fsp3) is 1.00. The lowest BCUT2D eigenvalue weighted by molar-refractivity contribution is 0.144. The van der Waals surface area contributed by atoms with Gasteiger partial charge in [-0.2, -0.15) is 0 Å². The fourth-order valence-electron chi connectivity index (χ4n) is 3.43. The zero-order chi connectivity index (χ0) is 12.1. The number of hydrogen-bond acceptors (Lipinski definition) is 3. The summed E-state index contributed by atoms with van der Waals surface area (Å²) in [5.74, 6) is 0. The Morgan fingerprint density at radius 3 is 2.71 bits per heavy atom. The molecule has 0 unspecified atom stereocenters. The Hall–Kier alpha value is -0.120. The Labute approximate surface area is 107 Å². The molecule has 0 aromatic carbocycles. The van der Waals surface area contributed by atoms with Crippen LogP contribution in [0.1, 0.15) is 39.0 Å². The number of nitrogens with zero attached hydrogens (tertiary/aromatic N) is 2. The van der Waals surface area contributed by atoms with Crippen LogP contribution in [-0.2, 0) is 0 Å². The van der Waals surface area contributed by atoms with E-state index in [2.05, 4.69) is 29.1 Å². The van der Waals surface area contributed by atoms with Crippen molar-refractivity contribution in [2.45, 2.75) is 51.1 Å². The van der Waals surface area contributed by atoms with Gasteiger partial charge in [0, 0.05) is 25.2 Å². The first-order valence-electron chi connectivity index (χ1n) is 7.47. The van der Waals surface area contributed by atoms with Gasteiger partial charge < -0.3 is 10.2 Å². The van der Waals surface area contributed by atoms with E-state index in [1.54, 1.807) is 0 Å². The highest BCUT2D eigenvalue weighted by molar-refractivity contribution is 4.84. The largest absolute Gasteiger partial charge is 0.317 e. The van der Waals surface area contributed by atoms with Gasteiger partial charge >= 0.3 is 0 Å². The second-order valence-electron chi connectivity index (χ2n) is 5.63. The van der Waals surface area contributed by atoms with Gasteiger partial charge in [-0.05, 0) is 52.4 Å². The van der Waals surface area contributed by atoms with E-state index in [0.717, 1.165) is 12.1 Å². The second kappa shape index (κ2) is 6.72. The van der Waals surface area contributed by atoms with E-state index in [4.69, 9.17) is 0 Å². The first-order valence-corrected chi connectivity index (χ1v) is 7.47. The van der Waals surface area contributed by atoms with Gasteiger partial charge in [0.1, 0.15) is 0 Å². The highest BCUT2D eigenvalue weighted by Gasteiger charge is 2.26. The smallest absolute Gasteiger partial charge is 0.0112 e. The molecule has 1 aliphatic heterocycles. The lowest BCUT2D eigenvalue weighted by Gasteiger charge is -2.37. The molecule has 2 rings (SSSR count). The van der Waals surface area contributed by atoms with Crippen molar-refractivity contribution in [1.29, 1.82) is 0 Å². The van der Waals surface area contributed by atoms with E-state index >= 15 is 0 Å². The van der Waals surface area contributed by atoms with Gasteiger partial charge in [0.2, 0.25) is 0 Å². The summed E-state index contributed by atoms with van der Waals surface area (Å²) in [5.41, 5.74) is 0. The summed E-state index contributed by atoms with van der Waals surface area (Å²) in [5, 5.41) is 3.47. The van der Waals surface area contributed by atoms with E-state index < -0.39 is 0 Å². The van der Waals surface area contributed by atoms with Gasteiger partial charge in [0.25, 0.3) is 0 Å². The number of hydrogen-bond donors (Lipinski definition) is 1. The van der Waals surface area contributed by atoms with Crippen molar-refractivity contribution in [2.75, 3.05) is 39.8 Å². The predicted octanol–water partition coefficient (Wildman–Crippen LogP) is 1.54. The van der Waals surface area contributed by atoms with Crippen LogP contribution in [0.5, 0.6) is 0 Å². The van der Waals surface area contributed by atoms with Gasteiger partial charge in [0.05, 0.1) is 0 Å². The Morgan fingerprint density at radius 1 is 1.06 bits per heavy atom. The molecule has 0 aromatic heterocycles. The minimum Gasteiger partial charge on any atom is -0.317 e. The molecule has 2 fully saturated rings. The molecule has 0 amide bonds. The van der Waals surface area contributed by atoms with E-state index in [1.807, 2.05) is 0 Å². The molecular formula is C14H29N3. The Morgan fingerprint density at radius 2 is 1.94 bits per heavy atom. The summed E-state index contributed by atoms with van der Waals surface area (Å²) in [6.45, 7) is 8.68. The molecule has 1 heterocycles. The molecule has 3 nitrogen and oxygen atoms in total. The van der Waals surface area contributed by atoms with Gasteiger partial charge in [-0.3, -0.25) is 4.90 Å². The minimum absolute atomic E-state index is 0.763. The highest BCUT2D eigenvalue weighted by atomic mass is 15.2. The second-order valence-corrected chi connectivity index (χ2v) is 5.63. The van der Waals surface area contributed by atoms with Gasteiger partial charge in [-0.1, -0.05) is 13.3 Å². The average molecular weight is 239 g/mol. The van der Waals surface area contributed by atoms with Gasteiger partial charge in [-0.25, -0.2) is 0 Å². The van der Waals surface area contributed by atoms with Crippen LogP contribution in [0.15, 0.2) is 0 Å². The monoisotopic (exact) mass is 239 g/mol. The highest BCUT2D eigenvalue weighted by Crippen LogP contribution is 2.23. The minimum atomic E-state index is 0.763. The first kappa shape index (κ1) is 13.3. The molecule has 2 aliphatic rings. The van der Waals surface area contributed by atoms with Crippen molar-refractivity contribution in [3.8, 4) is 0 Å². The first-order chi connectivity index (χ1) is 8.33. The lowest BCUT2D eigenvalue weighted by atomic mass is 9.90. The summed E-state index contributed by atoms with van der Waals surface area (Å²) in [6.07, 6.45) is 6.92. The molecule has 1 aliphatic carbocycles. The Kier molecular flexibility index (Phi) is 5.26. The SMILES string of the molecule is CCN1CCCN([C@H]2CCC[C@H](NC)C2)CC1. The van der Waals surface area contributed by atoms with Crippen molar-refractivity contribution < 1.29 is 0 Å². The van der Waals surface area contributed by atoms with Crippen LogP contribution < -0.4 is 5.32 Å². The molecule has 17 heavy (non-hydrogen) atoms. The summed E-state index contributed by atoms with van der Waals surface area (Å²) in [6, 6.07) is 1.61. The number of rotatable bonds is 3. The van der Waals surface area contributed by atoms with Crippen molar-refractivity contribution in [1.82, 2.24) is 15.1 Å². The van der Waals surface area contributed by atoms with E-state index in [1.165, 1.54) is 64.8 Å². The maximum absolute atomic E-state index is 3.47. The Balaban J connectivity index is 1.84. The molecule has 1 saturated carbocycles. The normalized spacial score (nSPS) is 33.5. The van der Waals surface area contributed by atoms with E-state index in [9.17, 15) is 0 Å². The van der Waals surface area contributed by atoms with Crippen LogP contribution in [0.25, 0.3) is 0 Å². The molecule has 0 aromatic rings. The maximum Gasteiger partial charge on any atom is 0.0112 e. The van der Waals surface area contributed by atoms with Crippen molar-refractivity contribution >= 4 is 0 Å². The zero-order valence-corrected chi connectivity index (χ0v) is 11.6. The van der Waals surface area contributed by atoms with Crippen LogP contribution >= 0.6 is 0 Å². The van der Waals surface area contributed by atoms with Crippen LogP contribution in [0, 0.1) is 0 Å². The van der Waals surface area contributed by atoms with Crippen molar-refractivity contribution in [3.05, 3.63) is 0 Å². The van der Waals surface area contributed by atoms with Crippen LogP contribution in [0.4, 0.5) is 0 Å². The van der Waals surface area contributed by atoms with E-state index in [0.29, 0.717) is 0 Å². The summed E-state index contributed by atoms with van der Waals surface area (Å²) in [4.78, 5) is 5.36. The molecule has 1 saturated heterocycles. The van der Waals surface area contributed by atoms with Gasteiger partial charge in [-0.15, -0.1) is 0 Å².